The highest BCUT2D eigenvalue weighted by Crippen LogP contribution is 1.84. The second-order valence-corrected chi connectivity index (χ2v) is 1.55. The van der Waals surface area contributed by atoms with Crippen LogP contribution in [0.5, 0.6) is 0 Å². The summed E-state index contributed by atoms with van der Waals surface area (Å²) in [7, 11) is 0. The summed E-state index contributed by atoms with van der Waals surface area (Å²) in [5.74, 6) is 0. The first-order valence-electron chi connectivity index (χ1n) is 2.74. The van der Waals surface area contributed by atoms with E-state index in [2.05, 4.69) is 0 Å². The SMILES string of the molecule is CCN(C[19F])CCO. The number of aliphatic hydroxyl groups excluding tert-OH is 1. The Morgan fingerprint density at radius 1 is 1.62 bits per heavy atom. The van der Waals surface area contributed by atoms with Crippen LogP contribution >= 0.6 is 0 Å². The normalized spacial score (nSPS) is 10.5. The molecule has 3 heteroatoms. The van der Waals surface area contributed by atoms with Gasteiger partial charge in [-0.15, -0.1) is 0 Å². The van der Waals surface area contributed by atoms with Crippen LogP contribution in [0.4, 0.5) is 4.39 Å². The quantitative estimate of drug-likeness (QED) is 0.538. The van der Waals surface area contributed by atoms with Gasteiger partial charge in [0.25, 0.3) is 0 Å². The van der Waals surface area contributed by atoms with Gasteiger partial charge in [0.15, 0.2) is 0 Å². The first-order valence-corrected chi connectivity index (χ1v) is 2.74. The van der Waals surface area contributed by atoms with Crippen LogP contribution in [0.15, 0.2) is 0 Å². The lowest BCUT2D eigenvalue weighted by Crippen LogP contribution is -2.25. The van der Waals surface area contributed by atoms with Gasteiger partial charge in [-0.05, 0) is 6.54 Å². The zero-order valence-corrected chi connectivity index (χ0v) is 5.10. The van der Waals surface area contributed by atoms with Crippen molar-refractivity contribution in [3.63, 3.8) is 0 Å². The molecule has 0 aromatic carbocycles. The number of alkyl halides is 1. The fourth-order valence-electron chi connectivity index (χ4n) is 0.444. The Balaban J connectivity index is 3.07. The molecule has 0 heterocycles. The monoisotopic (exact) mass is 121 g/mol. The van der Waals surface area contributed by atoms with Crippen molar-refractivity contribution in [1.29, 1.82) is 0 Å². The van der Waals surface area contributed by atoms with Crippen molar-refractivity contribution >= 4 is 0 Å². The largest absolute Gasteiger partial charge is 0.395 e. The highest BCUT2D eigenvalue weighted by atomic mass is 19.1. The molecule has 0 bridgehead atoms. The maximum atomic E-state index is 11.7. The van der Waals surface area contributed by atoms with E-state index < -0.39 is 6.80 Å². The van der Waals surface area contributed by atoms with Crippen LogP contribution in [0, 0.1) is 0 Å². The Labute approximate surface area is 48.9 Å². The van der Waals surface area contributed by atoms with Crippen LogP contribution in [0.2, 0.25) is 0 Å². The van der Waals surface area contributed by atoms with E-state index in [-0.39, 0.29) is 6.61 Å². The van der Waals surface area contributed by atoms with Crippen LogP contribution in [0.3, 0.4) is 0 Å². The Hall–Kier alpha value is -0.150. The number of rotatable bonds is 4. The molecule has 0 atom stereocenters. The molecule has 0 aromatic rings. The molecule has 1 N–H and O–H groups in total. The summed E-state index contributed by atoms with van der Waals surface area (Å²) in [6.07, 6.45) is 0. The smallest absolute Gasteiger partial charge is 0.143 e. The fourth-order valence-corrected chi connectivity index (χ4v) is 0.444. The molecule has 0 rings (SSSR count). The van der Waals surface area contributed by atoms with Crippen molar-refractivity contribution < 1.29 is 9.50 Å². The Bertz CT molecular complexity index is 47.7. The second kappa shape index (κ2) is 5.00. The van der Waals surface area contributed by atoms with E-state index in [0.717, 1.165) is 0 Å². The van der Waals surface area contributed by atoms with Gasteiger partial charge >= 0.3 is 0 Å². The lowest BCUT2D eigenvalue weighted by Gasteiger charge is -2.12. The lowest BCUT2D eigenvalue weighted by molar-refractivity contribution is 0.152. The molecule has 0 saturated heterocycles. The third-order valence-electron chi connectivity index (χ3n) is 1.03. The third kappa shape index (κ3) is 2.93. The van der Waals surface area contributed by atoms with E-state index >= 15 is 0 Å². The Kier molecular flexibility index (Phi) is 4.90. The molecule has 0 aliphatic heterocycles. The summed E-state index contributed by atoms with van der Waals surface area (Å²) < 4.78 is 11.7. The number of hydrogen-bond donors (Lipinski definition) is 1. The minimum absolute atomic E-state index is 0.0394. The molecule has 50 valence electrons. The molecule has 2 nitrogen and oxygen atoms in total. The van der Waals surface area contributed by atoms with Gasteiger partial charge in [-0.1, -0.05) is 6.92 Å². The van der Waals surface area contributed by atoms with Crippen LogP contribution < -0.4 is 0 Å². The lowest BCUT2D eigenvalue weighted by atomic mass is 10.5. The van der Waals surface area contributed by atoms with E-state index in [1.54, 1.807) is 0 Å². The van der Waals surface area contributed by atoms with Crippen molar-refractivity contribution in [2.75, 3.05) is 26.5 Å². The molecular weight excluding hydrogens is 109 g/mol. The third-order valence-corrected chi connectivity index (χ3v) is 1.03. The average molecular weight is 121 g/mol. The zero-order valence-electron chi connectivity index (χ0n) is 5.10. The second-order valence-electron chi connectivity index (χ2n) is 1.55. The summed E-state index contributed by atoms with van der Waals surface area (Å²) >= 11 is 0. The molecule has 0 aliphatic carbocycles. The molecule has 0 aromatic heterocycles. The fraction of sp³-hybridized carbons (Fsp3) is 1.00. The van der Waals surface area contributed by atoms with E-state index in [1.165, 1.54) is 4.90 Å². The summed E-state index contributed by atoms with van der Waals surface area (Å²) in [4.78, 5) is 1.51. The van der Waals surface area contributed by atoms with Crippen LogP contribution in [-0.4, -0.2) is 36.5 Å². The molecular formula is C5H12FNO. The average Bonchev–Trinajstić information content (AvgIpc) is 1.83. The topological polar surface area (TPSA) is 23.5 Å². The first-order chi connectivity index (χ1) is 3.85. The van der Waals surface area contributed by atoms with Gasteiger partial charge < -0.3 is 5.11 Å². The highest BCUT2D eigenvalue weighted by molar-refractivity contribution is 4.44. The van der Waals surface area contributed by atoms with Gasteiger partial charge in [-0.2, -0.15) is 0 Å². The van der Waals surface area contributed by atoms with E-state index in [9.17, 15) is 4.39 Å². The minimum Gasteiger partial charge on any atom is -0.395 e. The van der Waals surface area contributed by atoms with Crippen molar-refractivity contribution in [2.45, 2.75) is 6.92 Å². The van der Waals surface area contributed by atoms with Gasteiger partial charge in [0, 0.05) is 6.54 Å². The predicted molar refractivity (Wildman–Crippen MR) is 30.3 cm³/mol. The number of likely N-dealkylation sites (N-methyl/N-ethyl adjacent to an activating group) is 1. The van der Waals surface area contributed by atoms with Gasteiger partial charge in [-0.25, -0.2) is 4.39 Å². The van der Waals surface area contributed by atoms with Crippen molar-refractivity contribution in [3.8, 4) is 0 Å². The standard InChI is InChI=1S/C5H12FNO/c1-2-7(5-6)3-4-8/h8H,2-5H2,1H3/i6+0. The number of hydrogen-bond acceptors (Lipinski definition) is 2. The van der Waals surface area contributed by atoms with Crippen molar-refractivity contribution in [3.05, 3.63) is 0 Å². The summed E-state index contributed by atoms with van der Waals surface area (Å²) in [6, 6.07) is 0. The summed E-state index contributed by atoms with van der Waals surface area (Å²) in [6.45, 7) is 2.54. The molecule has 0 unspecified atom stereocenters. The predicted octanol–water partition coefficient (Wildman–Crippen LogP) is 0.228. The summed E-state index contributed by atoms with van der Waals surface area (Å²) in [5.41, 5.74) is 0. The number of nitrogens with zero attached hydrogens (tertiary/aromatic N) is 1. The zero-order chi connectivity index (χ0) is 6.41. The van der Waals surface area contributed by atoms with Gasteiger partial charge in [0.2, 0.25) is 0 Å². The first kappa shape index (κ1) is 7.85. The minimum atomic E-state index is -0.461. The van der Waals surface area contributed by atoms with Crippen molar-refractivity contribution in [1.82, 2.24) is 4.90 Å². The molecule has 0 saturated carbocycles. The summed E-state index contributed by atoms with van der Waals surface area (Å²) in [5, 5.41) is 8.29. The van der Waals surface area contributed by atoms with Gasteiger partial charge in [-0.3, -0.25) is 4.90 Å². The molecule has 8 heavy (non-hydrogen) atoms. The Morgan fingerprint density at radius 2 is 2.25 bits per heavy atom. The molecule has 0 spiro atoms. The molecule has 0 aliphatic rings. The maximum Gasteiger partial charge on any atom is 0.143 e. The van der Waals surface area contributed by atoms with Gasteiger partial charge in [0.1, 0.15) is 6.80 Å². The van der Waals surface area contributed by atoms with E-state index in [1.807, 2.05) is 6.92 Å². The van der Waals surface area contributed by atoms with Crippen LogP contribution in [-0.2, 0) is 0 Å². The molecule has 0 fully saturated rings. The van der Waals surface area contributed by atoms with Crippen LogP contribution in [0.1, 0.15) is 6.92 Å². The van der Waals surface area contributed by atoms with Crippen molar-refractivity contribution in [2.24, 2.45) is 0 Å². The van der Waals surface area contributed by atoms with E-state index in [4.69, 9.17) is 5.11 Å². The molecule has 0 amide bonds. The highest BCUT2D eigenvalue weighted by Gasteiger charge is 1.96. The molecule has 0 radical (unpaired) electrons. The van der Waals surface area contributed by atoms with E-state index in [0.29, 0.717) is 13.1 Å². The van der Waals surface area contributed by atoms with Crippen LogP contribution in [0.25, 0.3) is 0 Å². The Morgan fingerprint density at radius 3 is 2.38 bits per heavy atom. The maximum absolute atomic E-state index is 11.7. The van der Waals surface area contributed by atoms with Gasteiger partial charge in [0.05, 0.1) is 6.61 Å². The number of halogens is 1. The number of aliphatic hydroxyl groups is 1.